The Bertz CT molecular complexity index is 646. The molecule has 0 radical (unpaired) electrons. The summed E-state index contributed by atoms with van der Waals surface area (Å²) >= 11 is 1.25. The maximum Gasteiger partial charge on any atom is 0.315 e. The summed E-state index contributed by atoms with van der Waals surface area (Å²) < 4.78 is 4.57. The molecular formula is C19H21NO3S. The van der Waals surface area contributed by atoms with E-state index in [4.69, 9.17) is 0 Å². The summed E-state index contributed by atoms with van der Waals surface area (Å²) in [6.45, 7) is 0. The van der Waals surface area contributed by atoms with Crippen LogP contribution in [0.25, 0.3) is 0 Å². The Labute approximate surface area is 146 Å². The van der Waals surface area contributed by atoms with E-state index in [9.17, 15) is 9.59 Å². The van der Waals surface area contributed by atoms with Gasteiger partial charge in [0.05, 0.1) is 24.7 Å². The molecule has 0 aliphatic heterocycles. The molecular weight excluding hydrogens is 322 g/mol. The van der Waals surface area contributed by atoms with E-state index in [0.29, 0.717) is 0 Å². The highest BCUT2D eigenvalue weighted by molar-refractivity contribution is 8.00. The van der Waals surface area contributed by atoms with E-state index in [1.807, 2.05) is 60.7 Å². The zero-order chi connectivity index (χ0) is 17.2. The molecule has 1 unspecified atom stereocenters. The molecule has 24 heavy (non-hydrogen) atoms. The zero-order valence-electron chi connectivity index (χ0n) is 13.6. The summed E-state index contributed by atoms with van der Waals surface area (Å²) in [5.41, 5.74) is 2.22. The fourth-order valence-electron chi connectivity index (χ4n) is 2.31. The van der Waals surface area contributed by atoms with E-state index >= 15 is 0 Å². The van der Waals surface area contributed by atoms with Gasteiger partial charge in [-0.25, -0.2) is 0 Å². The van der Waals surface area contributed by atoms with Crippen LogP contribution in [0.1, 0.15) is 17.2 Å². The van der Waals surface area contributed by atoms with Crippen LogP contribution in [-0.4, -0.2) is 30.5 Å². The number of benzene rings is 2. The first-order chi connectivity index (χ1) is 11.7. The highest BCUT2D eigenvalue weighted by Gasteiger charge is 2.15. The van der Waals surface area contributed by atoms with Crippen molar-refractivity contribution in [3.8, 4) is 0 Å². The third-order valence-corrected chi connectivity index (χ3v) is 4.41. The molecule has 0 saturated carbocycles. The summed E-state index contributed by atoms with van der Waals surface area (Å²) in [4.78, 5) is 23.3. The van der Waals surface area contributed by atoms with Crippen LogP contribution in [0.15, 0.2) is 60.7 Å². The van der Waals surface area contributed by atoms with Crippen LogP contribution in [0.5, 0.6) is 0 Å². The average molecular weight is 343 g/mol. The number of ether oxygens (including phenoxy) is 1. The topological polar surface area (TPSA) is 55.4 Å². The molecule has 0 saturated heterocycles. The number of rotatable bonds is 8. The lowest BCUT2D eigenvalue weighted by Crippen LogP contribution is -2.31. The van der Waals surface area contributed by atoms with Crippen LogP contribution >= 0.6 is 11.8 Å². The van der Waals surface area contributed by atoms with Gasteiger partial charge < -0.3 is 10.1 Å². The highest BCUT2D eigenvalue weighted by atomic mass is 32.2. The standard InChI is InChI=1S/C19H21NO3S/c1-23-19(22)14-24-13-18(21)20-17(16-10-6-3-7-11-16)12-15-8-4-2-5-9-15/h2-11,17H,12-14H2,1H3,(H,20,21). The molecule has 126 valence electrons. The second kappa shape index (κ2) is 9.78. The SMILES string of the molecule is COC(=O)CSCC(=O)NC(Cc1ccccc1)c1ccccc1. The molecule has 0 aliphatic rings. The Morgan fingerprint density at radius 3 is 2.25 bits per heavy atom. The van der Waals surface area contributed by atoms with Crippen molar-refractivity contribution in [2.45, 2.75) is 12.5 Å². The smallest absolute Gasteiger partial charge is 0.315 e. The van der Waals surface area contributed by atoms with Gasteiger partial charge >= 0.3 is 5.97 Å². The van der Waals surface area contributed by atoms with Crippen LogP contribution in [0, 0.1) is 0 Å². The van der Waals surface area contributed by atoms with Crippen LogP contribution in [-0.2, 0) is 20.7 Å². The fraction of sp³-hybridized carbons (Fsp3) is 0.263. The van der Waals surface area contributed by atoms with Crippen LogP contribution in [0.4, 0.5) is 0 Å². The van der Waals surface area contributed by atoms with Crippen molar-refractivity contribution in [2.24, 2.45) is 0 Å². The molecule has 0 heterocycles. The van der Waals surface area contributed by atoms with Gasteiger partial charge in [-0.1, -0.05) is 60.7 Å². The van der Waals surface area contributed by atoms with Gasteiger partial charge in [0.25, 0.3) is 0 Å². The number of carbonyl (C=O) groups excluding carboxylic acids is 2. The summed E-state index contributed by atoms with van der Waals surface area (Å²) in [6.07, 6.45) is 0.720. The Morgan fingerprint density at radius 1 is 1.00 bits per heavy atom. The number of hydrogen-bond donors (Lipinski definition) is 1. The second-order valence-corrected chi connectivity index (χ2v) is 6.28. The summed E-state index contributed by atoms with van der Waals surface area (Å²) in [6, 6.07) is 19.9. The number of methoxy groups -OCH3 is 1. The second-order valence-electron chi connectivity index (χ2n) is 5.29. The monoisotopic (exact) mass is 343 g/mol. The first kappa shape index (κ1) is 18.1. The molecule has 2 aromatic carbocycles. The average Bonchev–Trinajstić information content (AvgIpc) is 2.62. The molecule has 2 rings (SSSR count). The van der Waals surface area contributed by atoms with Crippen molar-refractivity contribution in [1.29, 1.82) is 0 Å². The summed E-state index contributed by atoms with van der Waals surface area (Å²) in [5, 5.41) is 3.06. The van der Waals surface area contributed by atoms with Crippen molar-refractivity contribution in [2.75, 3.05) is 18.6 Å². The minimum absolute atomic E-state index is 0.0892. The number of amides is 1. The highest BCUT2D eigenvalue weighted by Crippen LogP contribution is 2.18. The lowest BCUT2D eigenvalue weighted by molar-refractivity contribution is -0.137. The molecule has 2 aromatic rings. The first-order valence-corrected chi connectivity index (χ1v) is 8.87. The summed E-state index contributed by atoms with van der Waals surface area (Å²) in [5.74, 6) is -0.00312. The molecule has 1 atom stereocenters. The van der Waals surface area contributed by atoms with Gasteiger partial charge in [0.1, 0.15) is 0 Å². The van der Waals surface area contributed by atoms with Crippen molar-refractivity contribution in [1.82, 2.24) is 5.32 Å². The third kappa shape index (κ3) is 6.08. The van der Waals surface area contributed by atoms with Gasteiger partial charge in [0.15, 0.2) is 0 Å². The normalized spacial score (nSPS) is 11.5. The first-order valence-electron chi connectivity index (χ1n) is 7.72. The number of esters is 1. The molecule has 4 nitrogen and oxygen atoms in total. The number of hydrogen-bond acceptors (Lipinski definition) is 4. The van der Waals surface area contributed by atoms with E-state index < -0.39 is 0 Å². The Kier molecular flexibility index (Phi) is 7.36. The minimum atomic E-state index is -0.323. The maximum atomic E-state index is 12.2. The quantitative estimate of drug-likeness (QED) is 0.749. The largest absolute Gasteiger partial charge is 0.468 e. The van der Waals surface area contributed by atoms with Crippen molar-refractivity contribution in [3.05, 3.63) is 71.8 Å². The maximum absolute atomic E-state index is 12.2. The van der Waals surface area contributed by atoms with Crippen LogP contribution in [0.2, 0.25) is 0 Å². The molecule has 0 aliphatic carbocycles. The van der Waals surface area contributed by atoms with Crippen molar-refractivity contribution in [3.63, 3.8) is 0 Å². The molecule has 0 spiro atoms. The van der Waals surface area contributed by atoms with E-state index in [1.54, 1.807) is 0 Å². The minimum Gasteiger partial charge on any atom is -0.468 e. The van der Waals surface area contributed by atoms with Gasteiger partial charge in [-0.2, -0.15) is 0 Å². The fourth-order valence-corrected chi connectivity index (χ4v) is 2.96. The van der Waals surface area contributed by atoms with Gasteiger partial charge in [-0.3, -0.25) is 9.59 Å². The lowest BCUT2D eigenvalue weighted by atomic mass is 9.99. The molecule has 1 N–H and O–H groups in total. The molecule has 0 fully saturated rings. The lowest BCUT2D eigenvalue weighted by Gasteiger charge is -2.19. The van der Waals surface area contributed by atoms with Gasteiger partial charge in [0.2, 0.25) is 5.91 Å². The molecule has 1 amide bonds. The molecule has 0 bridgehead atoms. The third-order valence-electron chi connectivity index (χ3n) is 3.50. The van der Waals surface area contributed by atoms with Gasteiger partial charge in [-0.05, 0) is 17.5 Å². The van der Waals surface area contributed by atoms with E-state index in [1.165, 1.54) is 18.9 Å². The summed E-state index contributed by atoms with van der Waals surface area (Å²) in [7, 11) is 1.34. The predicted molar refractivity (Wildman–Crippen MR) is 96.8 cm³/mol. The molecule has 5 heteroatoms. The van der Waals surface area contributed by atoms with Crippen molar-refractivity contribution >= 4 is 23.6 Å². The Balaban J connectivity index is 1.98. The van der Waals surface area contributed by atoms with Gasteiger partial charge in [-0.15, -0.1) is 11.8 Å². The van der Waals surface area contributed by atoms with Crippen molar-refractivity contribution < 1.29 is 14.3 Å². The van der Waals surface area contributed by atoms with E-state index in [0.717, 1.165) is 17.5 Å². The Hall–Kier alpha value is -2.27. The van der Waals surface area contributed by atoms with Gasteiger partial charge in [0, 0.05) is 0 Å². The van der Waals surface area contributed by atoms with Crippen LogP contribution < -0.4 is 5.32 Å². The van der Waals surface area contributed by atoms with Crippen LogP contribution in [0.3, 0.4) is 0 Å². The predicted octanol–water partition coefficient (Wildman–Crippen LogP) is 2.99. The van der Waals surface area contributed by atoms with E-state index in [2.05, 4.69) is 10.1 Å². The Morgan fingerprint density at radius 2 is 1.62 bits per heavy atom. The number of nitrogens with one attached hydrogen (secondary N) is 1. The number of carbonyl (C=O) groups is 2. The molecule has 0 aromatic heterocycles. The number of thioether (sulfide) groups is 1. The zero-order valence-corrected chi connectivity index (χ0v) is 14.4. The van der Waals surface area contributed by atoms with E-state index in [-0.39, 0.29) is 29.4 Å².